The standard InChI is InChI=1S/C28H31N3O4S2/c1-21-15-18-31(19-16-21)37(33,34)26-13-9-24(10-14-26)29-28(36)30-27(32)23-7-11-25(12-8-23)35-20-17-22-5-3-2-4-6-22/h2-14,21H,15-20H2,1H3,(H2,29,30,32,36). The molecule has 1 aliphatic heterocycles. The number of amides is 1. The minimum atomic E-state index is -3.52. The average molecular weight is 538 g/mol. The van der Waals surface area contributed by atoms with Gasteiger partial charge in [-0.1, -0.05) is 37.3 Å². The molecule has 1 amide bonds. The third-order valence-corrected chi connectivity index (χ3v) is 8.46. The molecule has 0 aliphatic carbocycles. The van der Waals surface area contributed by atoms with Gasteiger partial charge in [0.25, 0.3) is 5.91 Å². The highest BCUT2D eigenvalue weighted by Crippen LogP contribution is 2.24. The molecule has 3 aromatic rings. The Balaban J connectivity index is 1.26. The number of nitrogens with zero attached hydrogens (tertiary/aromatic N) is 1. The number of thiocarbonyl (C=S) groups is 1. The molecule has 37 heavy (non-hydrogen) atoms. The molecule has 0 spiro atoms. The van der Waals surface area contributed by atoms with E-state index < -0.39 is 10.0 Å². The van der Waals surface area contributed by atoms with Crippen molar-refractivity contribution in [3.8, 4) is 5.75 Å². The van der Waals surface area contributed by atoms with Crippen LogP contribution in [0.2, 0.25) is 0 Å². The summed E-state index contributed by atoms with van der Waals surface area (Å²) in [7, 11) is -3.52. The summed E-state index contributed by atoms with van der Waals surface area (Å²) in [5.74, 6) is 0.875. The number of piperidine rings is 1. The lowest BCUT2D eigenvalue weighted by Gasteiger charge is -2.29. The maximum atomic E-state index is 12.9. The maximum absolute atomic E-state index is 12.9. The van der Waals surface area contributed by atoms with Gasteiger partial charge in [0.15, 0.2) is 5.11 Å². The Morgan fingerprint density at radius 2 is 1.62 bits per heavy atom. The van der Waals surface area contributed by atoms with E-state index in [1.165, 1.54) is 5.56 Å². The molecule has 0 radical (unpaired) electrons. The number of ether oxygens (including phenoxy) is 1. The monoisotopic (exact) mass is 537 g/mol. The first-order chi connectivity index (χ1) is 17.8. The molecular weight excluding hydrogens is 506 g/mol. The van der Waals surface area contributed by atoms with Gasteiger partial charge in [-0.25, -0.2) is 8.42 Å². The first-order valence-corrected chi connectivity index (χ1v) is 14.2. The quantitative estimate of drug-likeness (QED) is 0.399. The first kappa shape index (κ1) is 26.8. The number of carbonyl (C=O) groups excluding carboxylic acids is 1. The van der Waals surface area contributed by atoms with Crippen LogP contribution in [0.4, 0.5) is 5.69 Å². The fraction of sp³-hybridized carbons (Fsp3) is 0.286. The molecule has 1 aliphatic rings. The number of rotatable bonds is 8. The van der Waals surface area contributed by atoms with E-state index >= 15 is 0 Å². The van der Waals surface area contributed by atoms with Gasteiger partial charge in [0, 0.05) is 30.8 Å². The summed E-state index contributed by atoms with van der Waals surface area (Å²) >= 11 is 5.27. The Kier molecular flexibility index (Phi) is 8.91. The van der Waals surface area contributed by atoms with E-state index in [4.69, 9.17) is 17.0 Å². The van der Waals surface area contributed by atoms with Crippen molar-refractivity contribution in [3.63, 3.8) is 0 Å². The van der Waals surface area contributed by atoms with Gasteiger partial charge in [-0.05, 0) is 85.1 Å². The number of sulfonamides is 1. The Bertz CT molecular complexity index is 1300. The van der Waals surface area contributed by atoms with Gasteiger partial charge in [0.1, 0.15) is 5.75 Å². The molecule has 0 unspecified atom stereocenters. The molecule has 0 saturated carbocycles. The van der Waals surface area contributed by atoms with Gasteiger partial charge in [-0.15, -0.1) is 0 Å². The number of carbonyl (C=O) groups is 1. The predicted molar refractivity (Wildman–Crippen MR) is 149 cm³/mol. The fourth-order valence-corrected chi connectivity index (χ4v) is 5.74. The van der Waals surface area contributed by atoms with Crippen LogP contribution in [0.5, 0.6) is 5.75 Å². The summed E-state index contributed by atoms with van der Waals surface area (Å²) in [4.78, 5) is 12.8. The van der Waals surface area contributed by atoms with E-state index in [1.54, 1.807) is 52.8 Å². The summed E-state index contributed by atoms with van der Waals surface area (Å²) in [6, 6.07) is 23.3. The Morgan fingerprint density at radius 1 is 0.973 bits per heavy atom. The average Bonchev–Trinajstić information content (AvgIpc) is 2.90. The van der Waals surface area contributed by atoms with Crippen molar-refractivity contribution >= 4 is 38.9 Å². The van der Waals surface area contributed by atoms with E-state index in [9.17, 15) is 13.2 Å². The van der Waals surface area contributed by atoms with E-state index in [0.717, 1.165) is 19.3 Å². The van der Waals surface area contributed by atoms with Crippen LogP contribution < -0.4 is 15.4 Å². The summed E-state index contributed by atoms with van der Waals surface area (Å²) in [6.07, 6.45) is 2.54. The Morgan fingerprint density at radius 3 is 2.27 bits per heavy atom. The van der Waals surface area contributed by atoms with Crippen LogP contribution in [0.1, 0.15) is 35.7 Å². The van der Waals surface area contributed by atoms with E-state index in [0.29, 0.717) is 42.6 Å². The largest absolute Gasteiger partial charge is 0.493 e. The highest BCUT2D eigenvalue weighted by molar-refractivity contribution is 7.89. The maximum Gasteiger partial charge on any atom is 0.257 e. The second kappa shape index (κ2) is 12.3. The second-order valence-corrected chi connectivity index (χ2v) is 11.5. The van der Waals surface area contributed by atoms with Crippen LogP contribution in [-0.2, 0) is 16.4 Å². The summed E-state index contributed by atoms with van der Waals surface area (Å²) < 4.78 is 33.1. The minimum Gasteiger partial charge on any atom is -0.493 e. The van der Waals surface area contributed by atoms with Gasteiger partial charge >= 0.3 is 0 Å². The lowest BCUT2D eigenvalue weighted by Crippen LogP contribution is -2.37. The molecule has 7 nitrogen and oxygen atoms in total. The van der Waals surface area contributed by atoms with Crippen molar-refractivity contribution in [3.05, 3.63) is 90.0 Å². The van der Waals surface area contributed by atoms with Crippen LogP contribution in [0.15, 0.2) is 83.8 Å². The summed E-state index contributed by atoms with van der Waals surface area (Å²) in [6.45, 7) is 3.77. The van der Waals surface area contributed by atoms with Crippen LogP contribution in [0.3, 0.4) is 0 Å². The topological polar surface area (TPSA) is 87.7 Å². The lowest BCUT2D eigenvalue weighted by molar-refractivity contribution is 0.0977. The highest BCUT2D eigenvalue weighted by Gasteiger charge is 2.27. The summed E-state index contributed by atoms with van der Waals surface area (Å²) in [5.41, 5.74) is 2.22. The smallest absolute Gasteiger partial charge is 0.257 e. The molecule has 0 aromatic heterocycles. The van der Waals surface area contributed by atoms with E-state index in [1.807, 2.05) is 18.2 Å². The molecule has 0 atom stereocenters. The van der Waals surface area contributed by atoms with Crippen molar-refractivity contribution in [1.29, 1.82) is 0 Å². The number of hydrogen-bond donors (Lipinski definition) is 2. The molecule has 3 aromatic carbocycles. The molecular formula is C28H31N3O4S2. The molecule has 2 N–H and O–H groups in total. The number of benzene rings is 3. The van der Waals surface area contributed by atoms with Gasteiger partial charge in [-0.2, -0.15) is 4.31 Å². The van der Waals surface area contributed by atoms with Gasteiger partial charge in [0.2, 0.25) is 10.0 Å². The van der Waals surface area contributed by atoms with Crippen LogP contribution in [-0.4, -0.2) is 43.4 Å². The Hall–Kier alpha value is -3.27. The fourth-order valence-electron chi connectivity index (χ4n) is 4.06. The zero-order valence-corrected chi connectivity index (χ0v) is 22.4. The number of hydrogen-bond acceptors (Lipinski definition) is 5. The van der Waals surface area contributed by atoms with E-state index in [-0.39, 0.29) is 15.9 Å². The van der Waals surface area contributed by atoms with Gasteiger partial charge in [0.05, 0.1) is 11.5 Å². The highest BCUT2D eigenvalue weighted by atomic mass is 32.2. The third-order valence-electron chi connectivity index (χ3n) is 6.34. The molecule has 1 heterocycles. The van der Waals surface area contributed by atoms with Gasteiger partial charge in [-0.3, -0.25) is 10.1 Å². The first-order valence-electron chi connectivity index (χ1n) is 12.3. The van der Waals surface area contributed by atoms with Crippen LogP contribution >= 0.6 is 12.2 Å². The molecule has 4 rings (SSSR count). The Labute approximate surface area is 223 Å². The van der Waals surface area contributed by atoms with Crippen LogP contribution in [0.25, 0.3) is 0 Å². The second-order valence-electron chi connectivity index (χ2n) is 9.13. The molecule has 9 heteroatoms. The molecule has 1 saturated heterocycles. The van der Waals surface area contributed by atoms with Crippen molar-refractivity contribution in [2.45, 2.75) is 31.1 Å². The van der Waals surface area contributed by atoms with E-state index in [2.05, 4.69) is 29.7 Å². The van der Waals surface area contributed by atoms with Gasteiger partial charge < -0.3 is 10.1 Å². The normalized spacial score (nSPS) is 14.6. The zero-order valence-electron chi connectivity index (χ0n) is 20.7. The lowest BCUT2D eigenvalue weighted by atomic mass is 10.0. The van der Waals surface area contributed by atoms with Crippen LogP contribution in [0, 0.1) is 5.92 Å². The molecule has 0 bridgehead atoms. The minimum absolute atomic E-state index is 0.119. The van der Waals surface area contributed by atoms with Crippen molar-refractivity contribution in [2.24, 2.45) is 5.92 Å². The number of anilines is 1. The third kappa shape index (κ3) is 7.38. The van der Waals surface area contributed by atoms with Crippen molar-refractivity contribution < 1.29 is 17.9 Å². The SMILES string of the molecule is CC1CCN(S(=O)(=O)c2ccc(NC(=S)NC(=O)c3ccc(OCCc4ccccc4)cc3)cc2)CC1. The molecule has 194 valence electrons. The van der Waals surface area contributed by atoms with Crippen molar-refractivity contribution in [2.75, 3.05) is 25.0 Å². The molecule has 1 fully saturated rings. The number of nitrogens with one attached hydrogen (secondary N) is 2. The predicted octanol–water partition coefficient (Wildman–Crippen LogP) is 4.86. The summed E-state index contributed by atoms with van der Waals surface area (Å²) in [5, 5.41) is 5.69. The van der Waals surface area contributed by atoms with Crippen molar-refractivity contribution in [1.82, 2.24) is 9.62 Å². The zero-order chi connectivity index (χ0) is 26.3.